The van der Waals surface area contributed by atoms with E-state index in [1.54, 1.807) is 14.0 Å². The van der Waals surface area contributed by atoms with Crippen LogP contribution >= 0.6 is 11.6 Å². The quantitative estimate of drug-likeness (QED) is 0.391. The molecular weight excluding hydrogens is 412 g/mol. The molecule has 0 aromatic heterocycles. The average molecular weight is 441 g/mol. The summed E-state index contributed by atoms with van der Waals surface area (Å²) >= 11 is 6.16. The Morgan fingerprint density at radius 1 is 1.06 bits per heavy atom. The molecule has 0 fully saturated rings. The molecule has 3 aromatic rings. The fraction of sp³-hybridized carbons (Fsp3) is 0.346. The van der Waals surface area contributed by atoms with Crippen LogP contribution < -0.4 is 4.74 Å². The SMILES string of the molecule is CCOC(=O)C(OC(C)(C)C)c1c(C)cc2c(OC)cccc2c1-c1ccc(Cl)cc1. The van der Waals surface area contributed by atoms with Crippen LogP contribution in [0.15, 0.2) is 48.5 Å². The Labute approximate surface area is 189 Å². The molecule has 0 heterocycles. The second-order valence-corrected chi connectivity index (χ2v) is 8.84. The lowest BCUT2D eigenvalue weighted by molar-refractivity contribution is -0.166. The Hall–Kier alpha value is -2.56. The number of fused-ring (bicyclic) bond motifs is 1. The van der Waals surface area contributed by atoms with E-state index in [1.165, 1.54) is 0 Å². The van der Waals surface area contributed by atoms with E-state index in [2.05, 4.69) is 0 Å². The van der Waals surface area contributed by atoms with Gasteiger partial charge >= 0.3 is 5.97 Å². The first-order valence-electron chi connectivity index (χ1n) is 10.4. The molecular formula is C26H29ClO4. The molecule has 0 saturated heterocycles. The van der Waals surface area contributed by atoms with Crippen molar-refractivity contribution in [2.45, 2.75) is 46.3 Å². The van der Waals surface area contributed by atoms with Gasteiger partial charge in [0.05, 0.1) is 19.3 Å². The van der Waals surface area contributed by atoms with Crippen LogP contribution in [0.1, 0.15) is 44.9 Å². The molecule has 3 aromatic carbocycles. The summed E-state index contributed by atoms with van der Waals surface area (Å²) < 4.78 is 17.3. The predicted octanol–water partition coefficient (Wildman–Crippen LogP) is 6.90. The molecule has 0 amide bonds. The van der Waals surface area contributed by atoms with Gasteiger partial charge in [0.1, 0.15) is 5.75 Å². The minimum atomic E-state index is -0.874. The summed E-state index contributed by atoms with van der Waals surface area (Å²) in [7, 11) is 1.66. The zero-order chi connectivity index (χ0) is 22.8. The van der Waals surface area contributed by atoms with Crippen molar-refractivity contribution in [1.82, 2.24) is 0 Å². The molecule has 0 saturated carbocycles. The smallest absolute Gasteiger partial charge is 0.339 e. The molecule has 0 aliphatic heterocycles. The van der Waals surface area contributed by atoms with Crippen molar-refractivity contribution in [3.8, 4) is 16.9 Å². The molecule has 0 bridgehead atoms. The van der Waals surface area contributed by atoms with Crippen LogP contribution in [0.4, 0.5) is 0 Å². The van der Waals surface area contributed by atoms with E-state index in [0.717, 1.165) is 38.8 Å². The van der Waals surface area contributed by atoms with E-state index in [9.17, 15) is 4.79 Å². The Morgan fingerprint density at radius 2 is 1.74 bits per heavy atom. The number of carbonyl (C=O) groups is 1. The summed E-state index contributed by atoms with van der Waals surface area (Å²) in [6, 6.07) is 15.6. The van der Waals surface area contributed by atoms with Crippen LogP contribution in [-0.2, 0) is 14.3 Å². The third-order valence-corrected chi connectivity index (χ3v) is 5.23. The van der Waals surface area contributed by atoms with E-state index < -0.39 is 17.7 Å². The van der Waals surface area contributed by atoms with Crippen molar-refractivity contribution in [2.75, 3.05) is 13.7 Å². The first kappa shape index (κ1) is 23.1. The van der Waals surface area contributed by atoms with Gasteiger partial charge < -0.3 is 14.2 Å². The van der Waals surface area contributed by atoms with Crippen LogP contribution in [-0.4, -0.2) is 25.3 Å². The van der Waals surface area contributed by atoms with Crippen molar-refractivity contribution in [1.29, 1.82) is 0 Å². The molecule has 0 radical (unpaired) electrons. The largest absolute Gasteiger partial charge is 0.496 e. The number of hydrogen-bond donors (Lipinski definition) is 0. The Balaban J connectivity index is 2.40. The number of halogens is 1. The van der Waals surface area contributed by atoms with Crippen LogP contribution in [0.3, 0.4) is 0 Å². The van der Waals surface area contributed by atoms with Crippen molar-refractivity contribution in [3.05, 3.63) is 64.7 Å². The second kappa shape index (κ2) is 9.29. The number of methoxy groups -OCH3 is 1. The van der Waals surface area contributed by atoms with Gasteiger partial charge in [0.15, 0.2) is 6.10 Å². The second-order valence-electron chi connectivity index (χ2n) is 8.41. The Morgan fingerprint density at radius 3 is 2.32 bits per heavy atom. The van der Waals surface area contributed by atoms with Gasteiger partial charge in [0.25, 0.3) is 0 Å². The van der Waals surface area contributed by atoms with Gasteiger partial charge in [-0.3, -0.25) is 0 Å². The minimum absolute atomic E-state index is 0.277. The van der Waals surface area contributed by atoms with Gasteiger partial charge in [-0.1, -0.05) is 35.9 Å². The van der Waals surface area contributed by atoms with Crippen molar-refractivity contribution in [3.63, 3.8) is 0 Å². The maximum absolute atomic E-state index is 13.1. The highest BCUT2D eigenvalue weighted by atomic mass is 35.5. The predicted molar refractivity (Wildman–Crippen MR) is 126 cm³/mol. The number of carbonyl (C=O) groups excluding carboxylic acids is 1. The molecule has 3 rings (SSSR count). The first-order valence-corrected chi connectivity index (χ1v) is 10.7. The van der Waals surface area contributed by atoms with E-state index in [1.807, 2.05) is 76.2 Å². The highest BCUT2D eigenvalue weighted by molar-refractivity contribution is 6.30. The number of aryl methyl sites for hydroxylation is 1. The summed E-state index contributed by atoms with van der Waals surface area (Å²) in [6.07, 6.45) is -0.874. The number of hydrogen-bond acceptors (Lipinski definition) is 4. The summed E-state index contributed by atoms with van der Waals surface area (Å²) in [5.41, 5.74) is 3.01. The molecule has 4 nitrogen and oxygen atoms in total. The van der Waals surface area contributed by atoms with Crippen LogP contribution in [0.25, 0.3) is 21.9 Å². The molecule has 5 heteroatoms. The molecule has 31 heavy (non-hydrogen) atoms. The number of ether oxygens (including phenoxy) is 3. The van der Waals surface area contributed by atoms with Gasteiger partial charge in [-0.15, -0.1) is 0 Å². The highest BCUT2D eigenvalue weighted by Gasteiger charge is 2.33. The Kier molecular flexibility index (Phi) is 6.93. The molecule has 164 valence electrons. The third-order valence-electron chi connectivity index (χ3n) is 4.98. The lowest BCUT2D eigenvalue weighted by atomic mass is 9.87. The van der Waals surface area contributed by atoms with Gasteiger partial charge in [-0.05, 0) is 81.0 Å². The normalized spacial score (nSPS) is 12.6. The lowest BCUT2D eigenvalue weighted by Gasteiger charge is -2.29. The third kappa shape index (κ3) is 5.03. The zero-order valence-corrected chi connectivity index (χ0v) is 19.7. The number of rotatable bonds is 6. The van der Waals surface area contributed by atoms with E-state index in [4.69, 9.17) is 25.8 Å². The maximum Gasteiger partial charge on any atom is 0.339 e. The maximum atomic E-state index is 13.1. The van der Waals surface area contributed by atoms with Gasteiger partial charge in [-0.2, -0.15) is 0 Å². The first-order chi connectivity index (χ1) is 14.7. The van der Waals surface area contributed by atoms with Crippen molar-refractivity contribution < 1.29 is 19.0 Å². The van der Waals surface area contributed by atoms with Crippen LogP contribution in [0.5, 0.6) is 5.75 Å². The summed E-state index contributed by atoms with van der Waals surface area (Å²) in [6.45, 7) is 9.85. The van der Waals surface area contributed by atoms with Crippen molar-refractivity contribution >= 4 is 28.3 Å². The molecule has 1 atom stereocenters. The van der Waals surface area contributed by atoms with Crippen LogP contribution in [0, 0.1) is 6.92 Å². The standard InChI is InChI=1S/C26H29ClO4/c1-7-30-25(28)24(31-26(3,4)5)22-16(2)15-20-19(9-8-10-21(20)29-6)23(22)17-11-13-18(27)14-12-17/h8-15,24H,7H2,1-6H3. The molecule has 1 unspecified atom stereocenters. The zero-order valence-electron chi connectivity index (χ0n) is 18.9. The monoisotopic (exact) mass is 440 g/mol. The Bertz CT molecular complexity index is 1080. The highest BCUT2D eigenvalue weighted by Crippen LogP contribution is 2.43. The molecule has 0 spiro atoms. The number of esters is 1. The summed E-state index contributed by atoms with van der Waals surface area (Å²) in [5.74, 6) is 0.366. The average Bonchev–Trinajstić information content (AvgIpc) is 2.71. The topological polar surface area (TPSA) is 44.8 Å². The van der Waals surface area contributed by atoms with Gasteiger partial charge in [0, 0.05) is 16.0 Å². The van der Waals surface area contributed by atoms with Crippen LogP contribution in [0.2, 0.25) is 5.02 Å². The molecule has 0 aliphatic carbocycles. The molecule has 0 N–H and O–H groups in total. The summed E-state index contributed by atoms with van der Waals surface area (Å²) in [5, 5.41) is 2.58. The van der Waals surface area contributed by atoms with E-state index in [-0.39, 0.29) is 6.61 Å². The lowest BCUT2D eigenvalue weighted by Crippen LogP contribution is -2.29. The number of benzene rings is 3. The fourth-order valence-electron chi connectivity index (χ4n) is 3.79. The van der Waals surface area contributed by atoms with E-state index in [0.29, 0.717) is 5.02 Å². The minimum Gasteiger partial charge on any atom is -0.496 e. The fourth-order valence-corrected chi connectivity index (χ4v) is 3.91. The van der Waals surface area contributed by atoms with Gasteiger partial charge in [0.2, 0.25) is 0 Å². The van der Waals surface area contributed by atoms with E-state index >= 15 is 0 Å². The molecule has 0 aliphatic rings. The van der Waals surface area contributed by atoms with Crippen molar-refractivity contribution in [2.24, 2.45) is 0 Å². The summed E-state index contributed by atoms with van der Waals surface area (Å²) in [4.78, 5) is 13.1. The van der Waals surface area contributed by atoms with Gasteiger partial charge in [-0.25, -0.2) is 4.79 Å².